The SMILES string of the molecule is C=C(CCCCCC(=O)N(CC(=O)NC1=CCC(C)(C(F)(F)F)C=C1)CC(=O)Nc1ccc(C(C)(F)F)cc1)NO. The zero-order valence-electron chi connectivity index (χ0n) is 22.9. The van der Waals surface area contributed by atoms with Gasteiger partial charge >= 0.3 is 6.18 Å². The van der Waals surface area contributed by atoms with E-state index in [1.807, 2.05) is 5.48 Å². The summed E-state index contributed by atoms with van der Waals surface area (Å²) >= 11 is 0. The molecule has 0 saturated heterocycles. The van der Waals surface area contributed by atoms with Crippen molar-refractivity contribution in [2.24, 2.45) is 5.41 Å². The predicted octanol–water partition coefficient (Wildman–Crippen LogP) is 5.54. The summed E-state index contributed by atoms with van der Waals surface area (Å²) in [5.41, 5.74) is 0.400. The minimum atomic E-state index is -4.47. The molecule has 0 aliphatic heterocycles. The quantitative estimate of drug-likeness (QED) is 0.130. The van der Waals surface area contributed by atoms with Crippen molar-refractivity contribution in [3.8, 4) is 0 Å². The largest absolute Gasteiger partial charge is 0.397 e. The van der Waals surface area contributed by atoms with Gasteiger partial charge in [0.15, 0.2) is 0 Å². The van der Waals surface area contributed by atoms with E-state index < -0.39 is 48.3 Å². The van der Waals surface area contributed by atoms with Crippen LogP contribution < -0.4 is 16.1 Å². The Morgan fingerprint density at radius 3 is 2.07 bits per heavy atom. The second kappa shape index (κ2) is 14.2. The average Bonchev–Trinajstić information content (AvgIpc) is 2.88. The molecule has 1 aliphatic carbocycles. The minimum Gasteiger partial charge on any atom is -0.325 e. The van der Waals surface area contributed by atoms with E-state index in [1.54, 1.807) is 0 Å². The second-order valence-corrected chi connectivity index (χ2v) is 10.2. The van der Waals surface area contributed by atoms with E-state index in [-0.39, 0.29) is 29.8 Å². The summed E-state index contributed by atoms with van der Waals surface area (Å²) in [6.07, 6.45) is 0.640. The van der Waals surface area contributed by atoms with E-state index in [9.17, 15) is 36.3 Å². The molecule has 13 heteroatoms. The number of carbonyl (C=O) groups excluding carboxylic acids is 3. The van der Waals surface area contributed by atoms with Gasteiger partial charge in [-0.3, -0.25) is 25.1 Å². The van der Waals surface area contributed by atoms with Crippen LogP contribution >= 0.6 is 0 Å². The third-order valence-corrected chi connectivity index (χ3v) is 6.53. The molecule has 1 aliphatic rings. The highest BCUT2D eigenvalue weighted by Gasteiger charge is 2.49. The number of hydrogen-bond donors (Lipinski definition) is 4. The van der Waals surface area contributed by atoms with Crippen LogP contribution in [0.4, 0.5) is 27.6 Å². The lowest BCUT2D eigenvalue weighted by Crippen LogP contribution is -2.44. The predicted molar refractivity (Wildman–Crippen MR) is 143 cm³/mol. The number of nitrogens with one attached hydrogen (secondary N) is 3. The summed E-state index contributed by atoms with van der Waals surface area (Å²) in [5.74, 6) is -4.95. The molecule has 1 unspecified atom stereocenters. The molecule has 0 bridgehead atoms. The van der Waals surface area contributed by atoms with Crippen LogP contribution in [0.25, 0.3) is 0 Å². The first-order chi connectivity index (χ1) is 19.0. The zero-order chi connectivity index (χ0) is 30.8. The fraction of sp³-hybridized carbons (Fsp3) is 0.464. The molecule has 0 heterocycles. The van der Waals surface area contributed by atoms with Crippen molar-refractivity contribution < 1.29 is 41.5 Å². The Bertz CT molecular complexity index is 1160. The molecule has 0 saturated carbocycles. The standard InChI is InChI=1S/C28H35F5N4O4/c1-19(36-41)7-5-4-6-8-25(40)37(17-23(38)34-21-11-9-20(10-12-21)27(3,29)30)18-24(39)35-22-13-15-26(2,16-14-22)28(31,32)33/h9-15,36,41H,1,4-8,16-18H2,2-3H3,(H,34,38)(H,35,39). The Balaban J connectivity index is 2.03. The van der Waals surface area contributed by atoms with Crippen molar-refractivity contribution in [1.82, 2.24) is 15.7 Å². The number of halogens is 5. The van der Waals surface area contributed by atoms with Gasteiger partial charge < -0.3 is 15.5 Å². The molecule has 1 aromatic carbocycles. The topological polar surface area (TPSA) is 111 Å². The summed E-state index contributed by atoms with van der Waals surface area (Å²) in [7, 11) is 0. The molecule has 0 spiro atoms. The maximum Gasteiger partial charge on any atom is 0.397 e. The summed E-state index contributed by atoms with van der Waals surface area (Å²) in [4.78, 5) is 39.3. The molecule has 1 atom stereocenters. The van der Waals surface area contributed by atoms with Crippen LogP contribution in [0.2, 0.25) is 0 Å². The van der Waals surface area contributed by atoms with E-state index >= 15 is 0 Å². The van der Waals surface area contributed by atoms with Gasteiger partial charge in [0.25, 0.3) is 5.92 Å². The van der Waals surface area contributed by atoms with Gasteiger partial charge in [0, 0.05) is 36.0 Å². The number of allylic oxidation sites excluding steroid dienone is 4. The van der Waals surface area contributed by atoms with Gasteiger partial charge in [-0.15, -0.1) is 0 Å². The number of alkyl halides is 5. The van der Waals surface area contributed by atoms with Crippen molar-refractivity contribution in [1.29, 1.82) is 0 Å². The van der Waals surface area contributed by atoms with Crippen molar-refractivity contribution in [3.05, 3.63) is 66.0 Å². The molecule has 3 amide bonds. The second-order valence-electron chi connectivity index (χ2n) is 10.2. The Morgan fingerprint density at radius 1 is 0.976 bits per heavy atom. The number of hydrogen-bond acceptors (Lipinski definition) is 5. The molecule has 4 N–H and O–H groups in total. The summed E-state index contributed by atoms with van der Waals surface area (Å²) in [6.45, 7) is 4.30. The van der Waals surface area contributed by atoms with E-state index in [4.69, 9.17) is 5.21 Å². The van der Waals surface area contributed by atoms with Crippen LogP contribution in [0.3, 0.4) is 0 Å². The van der Waals surface area contributed by atoms with Crippen molar-refractivity contribution in [2.75, 3.05) is 18.4 Å². The fourth-order valence-electron chi connectivity index (χ4n) is 3.87. The average molecular weight is 587 g/mol. The van der Waals surface area contributed by atoms with Gasteiger partial charge in [-0.1, -0.05) is 37.3 Å². The molecule has 0 fully saturated rings. The number of unbranched alkanes of at least 4 members (excludes halogenated alkanes) is 2. The van der Waals surface area contributed by atoms with Crippen LogP contribution in [0, 0.1) is 5.41 Å². The summed E-state index contributed by atoms with van der Waals surface area (Å²) in [5, 5.41) is 13.7. The van der Waals surface area contributed by atoms with Gasteiger partial charge in [0.05, 0.1) is 5.41 Å². The van der Waals surface area contributed by atoms with Gasteiger partial charge in [0.1, 0.15) is 13.1 Å². The van der Waals surface area contributed by atoms with Crippen molar-refractivity contribution >= 4 is 23.4 Å². The van der Waals surface area contributed by atoms with E-state index in [0.29, 0.717) is 31.4 Å². The Kier molecular flexibility index (Phi) is 11.6. The number of rotatable bonds is 14. The number of benzene rings is 1. The highest BCUT2D eigenvalue weighted by molar-refractivity contribution is 5.96. The molecule has 41 heavy (non-hydrogen) atoms. The maximum atomic E-state index is 13.5. The first kappa shape index (κ1) is 33.5. The number of anilines is 1. The fourth-order valence-corrected chi connectivity index (χ4v) is 3.87. The lowest BCUT2D eigenvalue weighted by Gasteiger charge is -2.30. The molecule has 226 valence electrons. The molecular weight excluding hydrogens is 551 g/mol. The van der Waals surface area contributed by atoms with E-state index in [0.717, 1.165) is 43.0 Å². The summed E-state index contributed by atoms with van der Waals surface area (Å²) < 4.78 is 66.6. The van der Waals surface area contributed by atoms with Gasteiger partial charge in [0.2, 0.25) is 17.7 Å². The van der Waals surface area contributed by atoms with Crippen molar-refractivity contribution in [3.63, 3.8) is 0 Å². The van der Waals surface area contributed by atoms with Gasteiger partial charge in [-0.25, -0.2) is 8.78 Å². The van der Waals surface area contributed by atoms with Crippen molar-refractivity contribution in [2.45, 2.75) is 64.5 Å². The first-order valence-electron chi connectivity index (χ1n) is 12.9. The normalized spacial score (nSPS) is 16.9. The number of amides is 3. The Hall–Kier alpha value is -3.74. The number of nitrogens with zero attached hydrogens (tertiary/aromatic N) is 1. The van der Waals surface area contributed by atoms with E-state index in [2.05, 4.69) is 17.2 Å². The Morgan fingerprint density at radius 2 is 1.56 bits per heavy atom. The minimum absolute atomic E-state index is 0.00636. The monoisotopic (exact) mass is 586 g/mol. The molecule has 0 radical (unpaired) electrons. The third-order valence-electron chi connectivity index (χ3n) is 6.53. The summed E-state index contributed by atoms with van der Waals surface area (Å²) in [6, 6.07) is 4.88. The highest BCUT2D eigenvalue weighted by Crippen LogP contribution is 2.44. The maximum absolute atomic E-state index is 13.5. The highest BCUT2D eigenvalue weighted by atomic mass is 19.4. The molecule has 2 rings (SSSR count). The molecule has 8 nitrogen and oxygen atoms in total. The molecular formula is C28H35F5N4O4. The lowest BCUT2D eigenvalue weighted by atomic mass is 9.82. The van der Waals surface area contributed by atoms with Crippen LogP contribution in [0.15, 0.2) is 60.5 Å². The third kappa shape index (κ3) is 10.6. The first-order valence-corrected chi connectivity index (χ1v) is 12.9. The van der Waals surface area contributed by atoms with Gasteiger partial charge in [-0.2, -0.15) is 13.2 Å². The smallest absolute Gasteiger partial charge is 0.325 e. The van der Waals surface area contributed by atoms with Gasteiger partial charge in [-0.05, 0) is 50.8 Å². The number of carbonyl (C=O) groups is 3. The number of hydroxylamine groups is 1. The lowest BCUT2D eigenvalue weighted by molar-refractivity contribution is -0.199. The van der Waals surface area contributed by atoms with Crippen LogP contribution in [0.1, 0.15) is 57.9 Å². The molecule has 0 aromatic heterocycles. The van der Waals surface area contributed by atoms with Crippen LogP contribution in [0.5, 0.6) is 0 Å². The van der Waals surface area contributed by atoms with Crippen LogP contribution in [-0.2, 0) is 20.3 Å². The Labute approximate surface area is 235 Å². The van der Waals surface area contributed by atoms with E-state index in [1.165, 1.54) is 18.2 Å². The zero-order valence-corrected chi connectivity index (χ0v) is 22.9. The van der Waals surface area contributed by atoms with Crippen LogP contribution in [-0.4, -0.2) is 47.1 Å². The molecule has 1 aromatic rings.